The van der Waals surface area contributed by atoms with Gasteiger partial charge in [-0.05, 0) is 57.7 Å². The summed E-state index contributed by atoms with van der Waals surface area (Å²) in [6.45, 7) is 6.24. The molecule has 4 rings (SSSR count). The molecule has 2 unspecified atom stereocenters. The second-order valence-electron chi connectivity index (χ2n) is 9.51. The molecular formula is C28H34N2O8S. The third-order valence-corrected chi connectivity index (χ3v) is 7.78. The molecular weight excluding hydrogens is 524 g/mol. The minimum absolute atomic E-state index is 0.188. The summed E-state index contributed by atoms with van der Waals surface area (Å²) in [4.78, 5) is 27.7. The summed E-state index contributed by atoms with van der Waals surface area (Å²) in [6.07, 6.45) is 1.81. The molecule has 0 aliphatic carbocycles. The first kappa shape index (κ1) is 28.4. The molecule has 2 aromatic carbocycles. The van der Waals surface area contributed by atoms with Crippen molar-refractivity contribution in [3.8, 4) is 28.7 Å². The first-order chi connectivity index (χ1) is 18.7. The third-order valence-electron chi connectivity index (χ3n) is 6.80. The number of nitrogens with zero attached hydrogens (tertiary/aromatic N) is 1. The lowest BCUT2D eigenvalue weighted by atomic mass is 9.87. The van der Waals surface area contributed by atoms with Crippen LogP contribution < -0.4 is 29.4 Å². The SMILES string of the molecule is CCOC(=O)Oc1c(C)c2c(c(OC)c1OC)OC(C)(CCOc1ccc(CC3SC(N)=NC3=O)cc1)CC2. The number of carbonyl (C=O) groups excluding carboxylic acids is 2. The van der Waals surface area contributed by atoms with Gasteiger partial charge in [-0.15, -0.1) is 0 Å². The molecule has 0 spiro atoms. The number of fused-ring (bicyclic) bond motifs is 1. The van der Waals surface area contributed by atoms with Crippen LogP contribution in [0.1, 0.15) is 43.4 Å². The van der Waals surface area contributed by atoms with Crippen LogP contribution in [0.4, 0.5) is 4.79 Å². The summed E-state index contributed by atoms with van der Waals surface area (Å²) in [7, 11) is 3.00. The topological polar surface area (TPSA) is 128 Å². The monoisotopic (exact) mass is 558 g/mol. The van der Waals surface area contributed by atoms with Crippen molar-refractivity contribution in [1.29, 1.82) is 0 Å². The van der Waals surface area contributed by atoms with E-state index in [-0.39, 0.29) is 29.3 Å². The minimum Gasteiger partial charge on any atom is -0.493 e. The maximum atomic E-state index is 12.0. The fourth-order valence-corrected chi connectivity index (χ4v) is 5.53. The Kier molecular flexibility index (Phi) is 8.79. The van der Waals surface area contributed by atoms with Gasteiger partial charge in [0.05, 0.1) is 32.7 Å². The van der Waals surface area contributed by atoms with Crippen LogP contribution >= 0.6 is 11.8 Å². The molecule has 210 valence electrons. The summed E-state index contributed by atoms with van der Waals surface area (Å²) in [5.41, 5.74) is 7.78. The van der Waals surface area contributed by atoms with Gasteiger partial charge in [-0.25, -0.2) is 4.79 Å². The summed E-state index contributed by atoms with van der Waals surface area (Å²) in [5, 5.41) is 0.0535. The van der Waals surface area contributed by atoms with Crippen LogP contribution in [0.5, 0.6) is 28.7 Å². The van der Waals surface area contributed by atoms with E-state index in [0.717, 1.165) is 28.9 Å². The Bertz CT molecular complexity index is 1260. The number of benzene rings is 2. The number of amides is 1. The highest BCUT2D eigenvalue weighted by Crippen LogP contribution is 2.53. The Labute approximate surface area is 232 Å². The van der Waals surface area contributed by atoms with Gasteiger partial charge in [-0.1, -0.05) is 23.9 Å². The van der Waals surface area contributed by atoms with Crippen molar-refractivity contribution in [1.82, 2.24) is 0 Å². The second kappa shape index (κ2) is 12.1. The Morgan fingerprint density at radius 1 is 1.18 bits per heavy atom. The van der Waals surface area contributed by atoms with Crippen LogP contribution in [0.15, 0.2) is 29.3 Å². The molecule has 0 radical (unpaired) electrons. The molecule has 2 N–H and O–H groups in total. The number of hydrogen-bond donors (Lipinski definition) is 1. The molecule has 2 aliphatic heterocycles. The smallest absolute Gasteiger partial charge is 0.493 e. The van der Waals surface area contributed by atoms with Crippen LogP contribution in [-0.2, 0) is 22.4 Å². The normalized spacial score (nSPS) is 20.0. The van der Waals surface area contributed by atoms with Gasteiger partial charge in [0, 0.05) is 17.5 Å². The number of rotatable bonds is 10. The van der Waals surface area contributed by atoms with Gasteiger partial charge in [0.15, 0.2) is 16.7 Å². The van der Waals surface area contributed by atoms with Crippen LogP contribution in [0, 0.1) is 6.92 Å². The molecule has 1 amide bonds. The molecule has 10 nitrogen and oxygen atoms in total. The molecule has 2 atom stereocenters. The van der Waals surface area contributed by atoms with E-state index >= 15 is 0 Å². The third kappa shape index (κ3) is 6.35. The molecule has 2 heterocycles. The zero-order valence-corrected chi connectivity index (χ0v) is 23.6. The lowest BCUT2D eigenvalue weighted by Gasteiger charge is -2.37. The van der Waals surface area contributed by atoms with Crippen molar-refractivity contribution in [3.63, 3.8) is 0 Å². The van der Waals surface area contributed by atoms with Crippen molar-refractivity contribution in [2.75, 3.05) is 27.4 Å². The fraction of sp³-hybridized carbons (Fsp3) is 0.464. The van der Waals surface area contributed by atoms with Crippen molar-refractivity contribution in [3.05, 3.63) is 41.0 Å². The van der Waals surface area contributed by atoms with E-state index in [0.29, 0.717) is 42.5 Å². The van der Waals surface area contributed by atoms with E-state index < -0.39 is 11.8 Å². The first-order valence-corrected chi connectivity index (χ1v) is 13.6. The largest absolute Gasteiger partial charge is 0.513 e. The number of ether oxygens (including phenoxy) is 6. The van der Waals surface area contributed by atoms with Gasteiger partial charge in [-0.3, -0.25) is 4.79 Å². The summed E-state index contributed by atoms with van der Waals surface area (Å²) >= 11 is 1.30. The molecule has 2 aliphatic rings. The molecule has 11 heteroatoms. The lowest BCUT2D eigenvalue weighted by molar-refractivity contribution is -0.117. The number of methoxy groups -OCH3 is 2. The van der Waals surface area contributed by atoms with Gasteiger partial charge in [0.1, 0.15) is 11.4 Å². The highest BCUT2D eigenvalue weighted by atomic mass is 32.2. The lowest BCUT2D eigenvalue weighted by Crippen LogP contribution is -2.38. The van der Waals surface area contributed by atoms with E-state index in [9.17, 15) is 9.59 Å². The van der Waals surface area contributed by atoms with Crippen LogP contribution in [0.25, 0.3) is 0 Å². The quantitative estimate of drug-likeness (QED) is 0.326. The van der Waals surface area contributed by atoms with E-state index in [4.69, 9.17) is 34.2 Å². The molecule has 0 saturated heterocycles. The van der Waals surface area contributed by atoms with Crippen LogP contribution in [0.3, 0.4) is 0 Å². The number of nitrogens with two attached hydrogens (primary N) is 1. The van der Waals surface area contributed by atoms with Crippen molar-refractivity contribution < 1.29 is 38.0 Å². The number of hydrogen-bond acceptors (Lipinski definition) is 10. The zero-order valence-electron chi connectivity index (χ0n) is 22.8. The van der Waals surface area contributed by atoms with E-state index in [2.05, 4.69) is 4.99 Å². The number of thioether (sulfide) groups is 1. The second-order valence-corrected chi connectivity index (χ2v) is 10.7. The molecule has 2 aromatic rings. The maximum absolute atomic E-state index is 12.0. The van der Waals surface area contributed by atoms with Gasteiger partial charge >= 0.3 is 6.16 Å². The van der Waals surface area contributed by atoms with Gasteiger partial charge in [-0.2, -0.15) is 4.99 Å². The fourth-order valence-electron chi connectivity index (χ4n) is 4.67. The van der Waals surface area contributed by atoms with Crippen molar-refractivity contribution in [2.24, 2.45) is 10.7 Å². The summed E-state index contributed by atoms with van der Waals surface area (Å²) < 4.78 is 34.2. The van der Waals surface area contributed by atoms with Crippen molar-refractivity contribution in [2.45, 2.75) is 57.3 Å². The van der Waals surface area contributed by atoms with Crippen LogP contribution in [-0.4, -0.2) is 55.5 Å². The zero-order chi connectivity index (χ0) is 28.2. The predicted molar refractivity (Wildman–Crippen MR) is 148 cm³/mol. The van der Waals surface area contributed by atoms with Gasteiger partial charge < -0.3 is 34.2 Å². The predicted octanol–water partition coefficient (Wildman–Crippen LogP) is 4.60. The Morgan fingerprint density at radius 2 is 1.90 bits per heavy atom. The Morgan fingerprint density at radius 3 is 2.51 bits per heavy atom. The number of carbonyl (C=O) groups is 2. The van der Waals surface area contributed by atoms with E-state index in [1.54, 1.807) is 6.92 Å². The number of amidine groups is 1. The molecule has 39 heavy (non-hydrogen) atoms. The highest BCUT2D eigenvalue weighted by Gasteiger charge is 2.38. The van der Waals surface area contributed by atoms with Crippen molar-refractivity contribution >= 4 is 29.0 Å². The average molecular weight is 559 g/mol. The Balaban J connectivity index is 1.41. The van der Waals surface area contributed by atoms with Gasteiger partial charge in [0.2, 0.25) is 11.5 Å². The number of aliphatic imine (C=N–C) groups is 1. The van der Waals surface area contributed by atoms with Crippen LogP contribution in [0.2, 0.25) is 0 Å². The minimum atomic E-state index is -0.808. The molecule has 0 saturated carbocycles. The van der Waals surface area contributed by atoms with E-state index in [1.807, 2.05) is 38.1 Å². The highest BCUT2D eigenvalue weighted by molar-refractivity contribution is 8.15. The Hall–Kier alpha value is -3.60. The average Bonchev–Trinajstić information content (AvgIpc) is 3.22. The summed E-state index contributed by atoms with van der Waals surface area (Å²) in [5.74, 6) is 2.02. The van der Waals surface area contributed by atoms with E-state index in [1.165, 1.54) is 26.0 Å². The molecule has 0 fully saturated rings. The maximum Gasteiger partial charge on any atom is 0.513 e. The summed E-state index contributed by atoms with van der Waals surface area (Å²) in [6, 6.07) is 7.68. The van der Waals surface area contributed by atoms with Gasteiger partial charge in [0.25, 0.3) is 5.91 Å². The molecule has 0 bridgehead atoms. The first-order valence-electron chi connectivity index (χ1n) is 12.8. The molecule has 0 aromatic heterocycles. The standard InChI is InChI=1S/C28H34N2O8S/c1-6-35-27(32)37-21-16(2)19-11-12-28(3,38-22(19)24(34-5)23(21)33-4)13-14-36-18-9-7-17(8-10-18)15-20-25(31)30-26(29)39-20/h7-10,20H,6,11-15H2,1-5H3,(H2,29,30,31).